The highest BCUT2D eigenvalue weighted by atomic mass is 32.2. The molecule has 1 aromatic rings. The molecule has 2 heterocycles. The second kappa shape index (κ2) is 7.76. The molecule has 0 spiro atoms. The fourth-order valence-electron chi connectivity index (χ4n) is 2.54. The maximum atomic E-state index is 4.64. The molecule has 1 saturated heterocycles. The highest BCUT2D eigenvalue weighted by molar-refractivity contribution is 8.07. The molecule has 0 amide bonds. The number of nitrogens with zero attached hydrogens (tertiary/aromatic N) is 2. The van der Waals surface area contributed by atoms with Crippen LogP contribution in [-0.4, -0.2) is 37.6 Å². The Bertz CT molecular complexity index is 408. The summed E-state index contributed by atoms with van der Waals surface area (Å²) in [6, 6.07) is 0.373. The molecule has 1 aliphatic heterocycles. The SMILES string of the molecule is CCCNC(c1nccn1CC)C1CSC(C)C(C)S1. The summed E-state index contributed by atoms with van der Waals surface area (Å²) in [6.45, 7) is 11.2. The Labute approximate surface area is 131 Å². The van der Waals surface area contributed by atoms with Gasteiger partial charge in [-0.25, -0.2) is 4.98 Å². The van der Waals surface area contributed by atoms with Crippen LogP contribution in [0.25, 0.3) is 0 Å². The van der Waals surface area contributed by atoms with E-state index in [1.54, 1.807) is 0 Å². The van der Waals surface area contributed by atoms with Crippen molar-refractivity contribution < 1.29 is 0 Å². The average Bonchev–Trinajstić information content (AvgIpc) is 2.91. The number of hydrogen-bond donors (Lipinski definition) is 1. The zero-order valence-electron chi connectivity index (χ0n) is 13.0. The first-order valence-electron chi connectivity index (χ1n) is 7.68. The fraction of sp³-hybridized carbons (Fsp3) is 0.800. The van der Waals surface area contributed by atoms with Crippen LogP contribution in [0.4, 0.5) is 0 Å². The van der Waals surface area contributed by atoms with Gasteiger partial charge < -0.3 is 9.88 Å². The van der Waals surface area contributed by atoms with E-state index < -0.39 is 0 Å². The number of thioether (sulfide) groups is 2. The van der Waals surface area contributed by atoms with Gasteiger partial charge in [0.25, 0.3) is 0 Å². The summed E-state index contributed by atoms with van der Waals surface area (Å²) in [5.74, 6) is 2.43. The topological polar surface area (TPSA) is 29.9 Å². The number of nitrogens with one attached hydrogen (secondary N) is 1. The predicted octanol–water partition coefficient (Wildman–Crippen LogP) is 3.57. The summed E-state index contributed by atoms with van der Waals surface area (Å²) in [5.41, 5.74) is 0. The lowest BCUT2D eigenvalue weighted by Crippen LogP contribution is -2.39. The van der Waals surface area contributed by atoms with Gasteiger partial charge in [0.1, 0.15) is 5.82 Å². The molecule has 0 bridgehead atoms. The summed E-state index contributed by atoms with van der Waals surface area (Å²) < 4.78 is 2.28. The molecule has 1 aromatic heterocycles. The molecule has 0 aliphatic carbocycles. The van der Waals surface area contributed by atoms with Crippen LogP contribution in [0, 0.1) is 0 Å². The van der Waals surface area contributed by atoms with E-state index in [-0.39, 0.29) is 0 Å². The molecule has 2 rings (SSSR count). The Morgan fingerprint density at radius 3 is 2.85 bits per heavy atom. The van der Waals surface area contributed by atoms with Crippen molar-refractivity contribution in [1.29, 1.82) is 0 Å². The second-order valence-corrected chi connectivity index (χ2v) is 8.45. The molecule has 1 aliphatic rings. The van der Waals surface area contributed by atoms with Crippen molar-refractivity contribution >= 4 is 23.5 Å². The standard InChI is InChI=1S/C15H27N3S2/c1-5-7-16-14(15-17-8-9-18(15)6-2)13-10-19-11(3)12(4)20-13/h8-9,11-14,16H,5-7,10H2,1-4H3. The molecular weight excluding hydrogens is 286 g/mol. The van der Waals surface area contributed by atoms with Crippen LogP contribution in [-0.2, 0) is 6.54 Å². The van der Waals surface area contributed by atoms with E-state index in [0.717, 1.165) is 23.6 Å². The lowest BCUT2D eigenvalue weighted by molar-refractivity contribution is 0.482. The van der Waals surface area contributed by atoms with Crippen LogP contribution < -0.4 is 5.32 Å². The molecule has 3 nitrogen and oxygen atoms in total. The monoisotopic (exact) mass is 313 g/mol. The van der Waals surface area contributed by atoms with Gasteiger partial charge in [-0.15, -0.1) is 0 Å². The molecule has 0 aromatic carbocycles. The molecule has 5 heteroatoms. The molecule has 20 heavy (non-hydrogen) atoms. The van der Waals surface area contributed by atoms with Crippen molar-refractivity contribution in [3.8, 4) is 0 Å². The van der Waals surface area contributed by atoms with E-state index in [2.05, 4.69) is 72.3 Å². The average molecular weight is 314 g/mol. The van der Waals surface area contributed by atoms with E-state index in [4.69, 9.17) is 0 Å². The van der Waals surface area contributed by atoms with Crippen LogP contribution >= 0.6 is 23.5 Å². The maximum absolute atomic E-state index is 4.64. The normalized spacial score (nSPS) is 28.5. The van der Waals surface area contributed by atoms with Gasteiger partial charge in [0.2, 0.25) is 0 Å². The summed E-state index contributed by atoms with van der Waals surface area (Å²) >= 11 is 4.24. The van der Waals surface area contributed by atoms with Crippen molar-refractivity contribution in [2.75, 3.05) is 12.3 Å². The Morgan fingerprint density at radius 1 is 1.40 bits per heavy atom. The number of imidazole rings is 1. The van der Waals surface area contributed by atoms with Crippen LogP contribution in [0.2, 0.25) is 0 Å². The van der Waals surface area contributed by atoms with Gasteiger partial charge in [-0.2, -0.15) is 23.5 Å². The van der Waals surface area contributed by atoms with Gasteiger partial charge in [0, 0.05) is 40.4 Å². The van der Waals surface area contributed by atoms with Crippen molar-refractivity contribution in [3.05, 3.63) is 18.2 Å². The molecule has 114 valence electrons. The van der Waals surface area contributed by atoms with E-state index in [1.807, 2.05) is 6.20 Å². The minimum Gasteiger partial charge on any atom is -0.334 e. The van der Waals surface area contributed by atoms with Gasteiger partial charge in [-0.05, 0) is 19.9 Å². The Hall–Kier alpha value is -0.130. The number of rotatable bonds is 6. The smallest absolute Gasteiger partial charge is 0.127 e. The Kier molecular flexibility index (Phi) is 6.30. The van der Waals surface area contributed by atoms with E-state index >= 15 is 0 Å². The zero-order chi connectivity index (χ0) is 14.5. The molecule has 1 fully saturated rings. The van der Waals surface area contributed by atoms with E-state index in [9.17, 15) is 0 Å². The Morgan fingerprint density at radius 2 is 2.20 bits per heavy atom. The van der Waals surface area contributed by atoms with Gasteiger partial charge in [-0.3, -0.25) is 0 Å². The Balaban J connectivity index is 2.15. The molecule has 0 radical (unpaired) electrons. The zero-order valence-corrected chi connectivity index (χ0v) is 14.6. The van der Waals surface area contributed by atoms with Crippen LogP contribution in [0.15, 0.2) is 12.4 Å². The maximum Gasteiger partial charge on any atom is 0.127 e. The van der Waals surface area contributed by atoms with Gasteiger partial charge >= 0.3 is 0 Å². The number of hydrogen-bond acceptors (Lipinski definition) is 4. The highest BCUT2D eigenvalue weighted by Crippen LogP contribution is 2.40. The van der Waals surface area contributed by atoms with Gasteiger partial charge in [0.05, 0.1) is 6.04 Å². The van der Waals surface area contributed by atoms with Crippen LogP contribution in [0.5, 0.6) is 0 Å². The lowest BCUT2D eigenvalue weighted by atomic mass is 10.2. The van der Waals surface area contributed by atoms with Crippen molar-refractivity contribution in [3.63, 3.8) is 0 Å². The first kappa shape index (κ1) is 16.2. The minimum absolute atomic E-state index is 0.373. The largest absolute Gasteiger partial charge is 0.334 e. The summed E-state index contributed by atoms with van der Waals surface area (Å²) in [4.78, 5) is 4.64. The van der Waals surface area contributed by atoms with Gasteiger partial charge in [0.15, 0.2) is 0 Å². The van der Waals surface area contributed by atoms with E-state index in [1.165, 1.54) is 18.0 Å². The van der Waals surface area contributed by atoms with Crippen molar-refractivity contribution in [2.24, 2.45) is 0 Å². The lowest BCUT2D eigenvalue weighted by Gasteiger charge is -2.36. The summed E-state index contributed by atoms with van der Waals surface area (Å²) in [5, 5.41) is 5.83. The van der Waals surface area contributed by atoms with E-state index in [0.29, 0.717) is 11.3 Å². The first-order valence-corrected chi connectivity index (χ1v) is 9.68. The second-order valence-electron chi connectivity index (χ2n) is 5.42. The predicted molar refractivity (Wildman–Crippen MR) is 91.7 cm³/mol. The van der Waals surface area contributed by atoms with Gasteiger partial charge in [-0.1, -0.05) is 20.8 Å². The van der Waals surface area contributed by atoms with Crippen molar-refractivity contribution in [2.45, 2.75) is 62.5 Å². The third-order valence-corrected chi connectivity index (χ3v) is 7.42. The molecule has 1 N–H and O–H groups in total. The number of aryl methyl sites for hydroxylation is 1. The highest BCUT2D eigenvalue weighted by Gasteiger charge is 2.33. The van der Waals surface area contributed by atoms with Crippen LogP contribution in [0.1, 0.15) is 46.0 Å². The first-order chi connectivity index (χ1) is 9.67. The third-order valence-electron chi connectivity index (χ3n) is 3.93. The fourth-order valence-corrected chi connectivity index (χ4v) is 5.62. The summed E-state index contributed by atoms with van der Waals surface area (Å²) in [7, 11) is 0. The number of aromatic nitrogens is 2. The van der Waals surface area contributed by atoms with Crippen molar-refractivity contribution in [1.82, 2.24) is 14.9 Å². The summed E-state index contributed by atoms with van der Waals surface area (Å²) in [6.07, 6.45) is 5.20. The molecular formula is C15H27N3S2. The third kappa shape index (κ3) is 3.74. The quantitative estimate of drug-likeness (QED) is 0.869. The molecule has 4 unspecified atom stereocenters. The molecule has 4 atom stereocenters. The molecule has 0 saturated carbocycles. The minimum atomic E-state index is 0.373. The van der Waals surface area contributed by atoms with Crippen LogP contribution in [0.3, 0.4) is 0 Å².